The van der Waals surface area contributed by atoms with Gasteiger partial charge in [0.05, 0.1) is 6.26 Å². The number of nitrogens with zero attached hydrogens (tertiary/aromatic N) is 2. The third-order valence-corrected chi connectivity index (χ3v) is 4.10. The Morgan fingerprint density at radius 2 is 2.07 bits per heavy atom. The van der Waals surface area contributed by atoms with E-state index in [0.717, 1.165) is 12.8 Å². The van der Waals surface area contributed by atoms with Crippen LogP contribution in [-0.4, -0.2) is 28.0 Å². The SMILES string of the molecule is O=C(CCc1nc(-c2ccco2)no1)Nc1cccc(C(=O)NC2CC2)c1. The van der Waals surface area contributed by atoms with Crippen molar-refractivity contribution in [3.8, 4) is 11.6 Å². The first-order valence-electron chi connectivity index (χ1n) is 8.74. The zero-order chi connectivity index (χ0) is 18.6. The molecule has 0 unspecified atom stereocenters. The van der Waals surface area contributed by atoms with Crippen molar-refractivity contribution in [2.45, 2.75) is 31.7 Å². The van der Waals surface area contributed by atoms with E-state index in [-0.39, 0.29) is 24.3 Å². The van der Waals surface area contributed by atoms with Gasteiger partial charge < -0.3 is 19.6 Å². The molecule has 0 atom stereocenters. The van der Waals surface area contributed by atoms with Crippen LogP contribution in [0.15, 0.2) is 51.6 Å². The Morgan fingerprint density at radius 3 is 2.85 bits per heavy atom. The fourth-order valence-corrected chi connectivity index (χ4v) is 2.54. The largest absolute Gasteiger partial charge is 0.461 e. The highest BCUT2D eigenvalue weighted by Gasteiger charge is 2.23. The molecule has 4 rings (SSSR count). The molecule has 8 nitrogen and oxygen atoms in total. The Hall–Kier alpha value is -3.42. The smallest absolute Gasteiger partial charge is 0.251 e. The fourth-order valence-electron chi connectivity index (χ4n) is 2.54. The standard InChI is InChI=1S/C19H18N4O4/c24-16(8-9-17-22-18(23-27-17)15-5-2-10-26-15)20-14-4-1-3-12(11-14)19(25)21-13-6-7-13/h1-5,10-11,13H,6-9H2,(H,20,24)(H,21,25). The number of hydrogen-bond donors (Lipinski definition) is 2. The molecule has 2 heterocycles. The summed E-state index contributed by atoms with van der Waals surface area (Å²) in [5, 5.41) is 9.53. The quantitative estimate of drug-likeness (QED) is 0.665. The number of amides is 2. The zero-order valence-corrected chi connectivity index (χ0v) is 14.5. The van der Waals surface area contributed by atoms with E-state index in [2.05, 4.69) is 20.8 Å². The number of benzene rings is 1. The average molecular weight is 366 g/mol. The number of furan rings is 1. The molecule has 0 radical (unpaired) electrons. The van der Waals surface area contributed by atoms with Gasteiger partial charge in [0, 0.05) is 30.1 Å². The Kier molecular flexibility index (Phi) is 4.69. The first-order valence-corrected chi connectivity index (χ1v) is 8.74. The zero-order valence-electron chi connectivity index (χ0n) is 14.5. The molecule has 1 fully saturated rings. The van der Waals surface area contributed by atoms with E-state index < -0.39 is 0 Å². The van der Waals surface area contributed by atoms with Gasteiger partial charge in [-0.15, -0.1) is 0 Å². The lowest BCUT2D eigenvalue weighted by Crippen LogP contribution is -2.25. The monoisotopic (exact) mass is 366 g/mol. The van der Waals surface area contributed by atoms with Crippen LogP contribution in [0.3, 0.4) is 0 Å². The maximum absolute atomic E-state index is 12.2. The first-order chi connectivity index (χ1) is 13.2. The number of carbonyl (C=O) groups is 2. The number of rotatable bonds is 7. The second-order valence-electron chi connectivity index (χ2n) is 6.37. The molecule has 0 aliphatic heterocycles. The topological polar surface area (TPSA) is 110 Å². The minimum absolute atomic E-state index is 0.120. The highest BCUT2D eigenvalue weighted by atomic mass is 16.5. The molecule has 0 spiro atoms. The predicted octanol–water partition coefficient (Wildman–Crippen LogP) is 2.79. The van der Waals surface area contributed by atoms with Crippen LogP contribution in [0.5, 0.6) is 0 Å². The van der Waals surface area contributed by atoms with Crippen molar-refractivity contribution in [1.29, 1.82) is 0 Å². The van der Waals surface area contributed by atoms with Crippen molar-refractivity contribution in [1.82, 2.24) is 15.5 Å². The lowest BCUT2D eigenvalue weighted by atomic mass is 10.2. The average Bonchev–Trinajstić information content (AvgIpc) is 3.13. The summed E-state index contributed by atoms with van der Waals surface area (Å²) in [6.45, 7) is 0. The van der Waals surface area contributed by atoms with Gasteiger partial charge in [-0.05, 0) is 43.2 Å². The maximum atomic E-state index is 12.2. The Bertz CT molecular complexity index is 944. The minimum Gasteiger partial charge on any atom is -0.461 e. The molecule has 3 aromatic rings. The van der Waals surface area contributed by atoms with E-state index in [4.69, 9.17) is 8.94 Å². The lowest BCUT2D eigenvalue weighted by molar-refractivity contribution is -0.116. The van der Waals surface area contributed by atoms with Gasteiger partial charge in [-0.25, -0.2) is 0 Å². The van der Waals surface area contributed by atoms with Gasteiger partial charge in [-0.1, -0.05) is 11.2 Å². The van der Waals surface area contributed by atoms with Crippen molar-refractivity contribution in [2.75, 3.05) is 5.32 Å². The highest BCUT2D eigenvalue weighted by molar-refractivity contribution is 5.97. The summed E-state index contributed by atoms with van der Waals surface area (Å²) >= 11 is 0. The predicted molar refractivity (Wildman–Crippen MR) is 95.9 cm³/mol. The van der Waals surface area contributed by atoms with Crippen LogP contribution < -0.4 is 10.6 Å². The molecular formula is C19H18N4O4. The van der Waals surface area contributed by atoms with Gasteiger partial charge in [0.25, 0.3) is 5.91 Å². The molecule has 27 heavy (non-hydrogen) atoms. The van der Waals surface area contributed by atoms with Crippen molar-refractivity contribution < 1.29 is 18.5 Å². The molecule has 1 aliphatic carbocycles. The van der Waals surface area contributed by atoms with Crippen molar-refractivity contribution >= 4 is 17.5 Å². The van der Waals surface area contributed by atoms with Crippen LogP contribution >= 0.6 is 0 Å². The van der Waals surface area contributed by atoms with Crippen LogP contribution in [0.1, 0.15) is 35.5 Å². The van der Waals surface area contributed by atoms with Gasteiger partial charge >= 0.3 is 0 Å². The summed E-state index contributed by atoms with van der Waals surface area (Å²) < 4.78 is 10.3. The summed E-state index contributed by atoms with van der Waals surface area (Å²) in [6, 6.07) is 10.6. The molecule has 2 amide bonds. The van der Waals surface area contributed by atoms with E-state index in [0.29, 0.717) is 35.1 Å². The molecule has 8 heteroatoms. The molecule has 1 aromatic carbocycles. The van der Waals surface area contributed by atoms with Crippen LogP contribution in [-0.2, 0) is 11.2 Å². The minimum atomic E-state index is -0.201. The Morgan fingerprint density at radius 1 is 1.19 bits per heavy atom. The molecule has 2 aromatic heterocycles. The summed E-state index contributed by atoms with van der Waals surface area (Å²) in [5.41, 5.74) is 1.10. The van der Waals surface area contributed by atoms with Gasteiger partial charge in [-0.2, -0.15) is 4.98 Å². The molecule has 1 aliphatic rings. The van der Waals surface area contributed by atoms with E-state index >= 15 is 0 Å². The maximum Gasteiger partial charge on any atom is 0.251 e. The summed E-state index contributed by atoms with van der Waals surface area (Å²) in [7, 11) is 0. The molecule has 0 bridgehead atoms. The highest BCUT2D eigenvalue weighted by Crippen LogP contribution is 2.20. The number of aromatic nitrogens is 2. The molecule has 0 saturated heterocycles. The number of aryl methyl sites for hydroxylation is 1. The molecular weight excluding hydrogens is 348 g/mol. The van der Waals surface area contributed by atoms with Gasteiger partial charge in [0.2, 0.25) is 17.6 Å². The van der Waals surface area contributed by atoms with Gasteiger partial charge in [0.1, 0.15) is 0 Å². The summed E-state index contributed by atoms with van der Waals surface area (Å²) in [5.74, 6) is 0.895. The van der Waals surface area contributed by atoms with Crippen molar-refractivity contribution in [2.24, 2.45) is 0 Å². The summed E-state index contributed by atoms with van der Waals surface area (Å²) in [6.07, 6.45) is 4.07. The van der Waals surface area contributed by atoms with Crippen LogP contribution in [0.4, 0.5) is 5.69 Å². The van der Waals surface area contributed by atoms with Crippen LogP contribution in [0, 0.1) is 0 Å². The normalized spacial score (nSPS) is 13.3. The van der Waals surface area contributed by atoms with E-state index in [1.807, 2.05) is 0 Å². The van der Waals surface area contributed by atoms with Crippen molar-refractivity contribution in [3.63, 3.8) is 0 Å². The van der Waals surface area contributed by atoms with Crippen molar-refractivity contribution in [3.05, 3.63) is 54.1 Å². The lowest BCUT2D eigenvalue weighted by Gasteiger charge is -2.07. The van der Waals surface area contributed by atoms with E-state index in [1.165, 1.54) is 6.26 Å². The molecule has 2 N–H and O–H groups in total. The molecule has 138 valence electrons. The van der Waals surface area contributed by atoms with Crippen LogP contribution in [0.2, 0.25) is 0 Å². The Labute approximate surface area is 154 Å². The molecule has 1 saturated carbocycles. The van der Waals surface area contributed by atoms with E-state index in [9.17, 15) is 9.59 Å². The number of hydrogen-bond acceptors (Lipinski definition) is 6. The third kappa shape index (κ3) is 4.41. The number of carbonyl (C=O) groups excluding carboxylic acids is 2. The second-order valence-corrected chi connectivity index (χ2v) is 6.37. The second kappa shape index (κ2) is 7.45. The van der Waals surface area contributed by atoms with Gasteiger partial charge in [0.15, 0.2) is 5.76 Å². The Balaban J connectivity index is 1.31. The van der Waals surface area contributed by atoms with Crippen LogP contribution in [0.25, 0.3) is 11.6 Å². The van der Waals surface area contributed by atoms with E-state index in [1.54, 1.807) is 36.4 Å². The number of nitrogens with one attached hydrogen (secondary N) is 2. The fraction of sp³-hybridized carbons (Fsp3) is 0.263. The third-order valence-electron chi connectivity index (χ3n) is 4.10. The van der Waals surface area contributed by atoms with Gasteiger partial charge in [-0.3, -0.25) is 9.59 Å². The number of anilines is 1. The first kappa shape index (κ1) is 17.0. The summed E-state index contributed by atoms with van der Waals surface area (Å²) in [4.78, 5) is 28.5.